The lowest BCUT2D eigenvalue weighted by Gasteiger charge is -2.25. The predicted molar refractivity (Wildman–Crippen MR) is 73.6 cm³/mol. The summed E-state index contributed by atoms with van der Waals surface area (Å²) in [6.45, 7) is 7.44. The van der Waals surface area contributed by atoms with E-state index in [0.717, 1.165) is 19.6 Å². The molecule has 1 atom stereocenters. The van der Waals surface area contributed by atoms with Crippen molar-refractivity contribution in [3.63, 3.8) is 0 Å². The van der Waals surface area contributed by atoms with Gasteiger partial charge in [0.15, 0.2) is 0 Å². The highest BCUT2D eigenvalue weighted by Crippen LogP contribution is 2.17. The van der Waals surface area contributed by atoms with E-state index in [9.17, 15) is 0 Å². The van der Waals surface area contributed by atoms with Crippen molar-refractivity contribution in [3.8, 4) is 0 Å². The molecule has 0 aliphatic heterocycles. The first-order valence-electron chi connectivity index (χ1n) is 5.79. The molecule has 0 heterocycles. The van der Waals surface area contributed by atoms with Crippen LogP contribution in [0, 0.1) is 0 Å². The monoisotopic (exact) mass is 284 g/mol. The Morgan fingerprint density at radius 3 is 2.69 bits per heavy atom. The third-order valence-electron chi connectivity index (χ3n) is 2.82. The lowest BCUT2D eigenvalue weighted by atomic mass is 10.2. The van der Waals surface area contributed by atoms with E-state index in [-0.39, 0.29) is 0 Å². The van der Waals surface area contributed by atoms with Crippen LogP contribution in [0.15, 0.2) is 28.7 Å². The van der Waals surface area contributed by atoms with Gasteiger partial charge in [-0.05, 0) is 32.1 Å². The largest absolute Gasteiger partial charge is 0.315 e. The number of nitrogens with zero attached hydrogens (tertiary/aromatic N) is 1. The Labute approximate surface area is 107 Å². The second-order valence-corrected chi connectivity index (χ2v) is 5.02. The topological polar surface area (TPSA) is 15.3 Å². The summed E-state index contributed by atoms with van der Waals surface area (Å²) >= 11 is 3.58. The quantitative estimate of drug-likeness (QED) is 0.864. The smallest absolute Gasteiger partial charge is 0.0245 e. The maximum Gasteiger partial charge on any atom is 0.0245 e. The van der Waals surface area contributed by atoms with Crippen molar-refractivity contribution in [2.45, 2.75) is 26.4 Å². The van der Waals surface area contributed by atoms with Gasteiger partial charge in [-0.2, -0.15) is 0 Å². The predicted octanol–water partition coefficient (Wildman–Crippen LogP) is 2.88. The molecule has 1 N–H and O–H groups in total. The minimum atomic E-state index is 0.548. The number of benzene rings is 1. The lowest BCUT2D eigenvalue weighted by Crippen LogP contribution is -2.37. The Hall–Kier alpha value is -0.380. The van der Waals surface area contributed by atoms with E-state index in [2.05, 4.69) is 71.3 Å². The Balaban J connectivity index is 2.50. The summed E-state index contributed by atoms with van der Waals surface area (Å²) in [5, 5.41) is 3.38. The molecule has 1 aromatic carbocycles. The van der Waals surface area contributed by atoms with Gasteiger partial charge < -0.3 is 5.32 Å². The average molecular weight is 285 g/mol. The lowest BCUT2D eigenvalue weighted by molar-refractivity contribution is 0.243. The van der Waals surface area contributed by atoms with Crippen molar-refractivity contribution < 1.29 is 0 Å². The fourth-order valence-electron chi connectivity index (χ4n) is 1.56. The van der Waals surface area contributed by atoms with Gasteiger partial charge in [0.1, 0.15) is 0 Å². The van der Waals surface area contributed by atoms with Crippen molar-refractivity contribution in [1.82, 2.24) is 10.2 Å². The highest BCUT2D eigenvalue weighted by Gasteiger charge is 2.10. The van der Waals surface area contributed by atoms with E-state index in [1.54, 1.807) is 0 Å². The van der Waals surface area contributed by atoms with Gasteiger partial charge in [-0.1, -0.05) is 41.1 Å². The second kappa shape index (κ2) is 7.05. The number of hydrogen-bond donors (Lipinski definition) is 1. The van der Waals surface area contributed by atoms with Crippen LogP contribution >= 0.6 is 15.9 Å². The molecule has 0 aromatic heterocycles. The third-order valence-corrected chi connectivity index (χ3v) is 3.59. The van der Waals surface area contributed by atoms with Gasteiger partial charge in [0.25, 0.3) is 0 Å². The first kappa shape index (κ1) is 13.7. The van der Waals surface area contributed by atoms with E-state index in [4.69, 9.17) is 0 Å². The van der Waals surface area contributed by atoms with Crippen LogP contribution in [0.1, 0.15) is 19.4 Å². The number of rotatable bonds is 6. The molecule has 0 aliphatic rings. The van der Waals surface area contributed by atoms with Gasteiger partial charge in [0.2, 0.25) is 0 Å². The Morgan fingerprint density at radius 1 is 1.38 bits per heavy atom. The molecule has 16 heavy (non-hydrogen) atoms. The van der Waals surface area contributed by atoms with Gasteiger partial charge in [0.05, 0.1) is 0 Å². The third kappa shape index (κ3) is 4.24. The van der Waals surface area contributed by atoms with Gasteiger partial charge in [-0.3, -0.25) is 4.90 Å². The zero-order chi connectivity index (χ0) is 12.0. The molecule has 0 fully saturated rings. The van der Waals surface area contributed by atoms with E-state index in [1.165, 1.54) is 10.0 Å². The molecule has 0 bridgehead atoms. The van der Waals surface area contributed by atoms with Crippen molar-refractivity contribution in [3.05, 3.63) is 34.3 Å². The van der Waals surface area contributed by atoms with Gasteiger partial charge >= 0.3 is 0 Å². The molecule has 0 spiro atoms. The summed E-state index contributed by atoms with van der Waals surface area (Å²) in [6.07, 6.45) is 0. The van der Waals surface area contributed by atoms with Crippen molar-refractivity contribution in [2.75, 3.05) is 20.1 Å². The molecule has 90 valence electrons. The van der Waals surface area contributed by atoms with Crippen molar-refractivity contribution >= 4 is 15.9 Å². The zero-order valence-electron chi connectivity index (χ0n) is 10.3. The maximum absolute atomic E-state index is 3.58. The first-order chi connectivity index (χ1) is 7.65. The molecule has 3 heteroatoms. The fraction of sp³-hybridized carbons (Fsp3) is 0.538. The molecular formula is C13H21BrN2. The zero-order valence-corrected chi connectivity index (χ0v) is 11.9. The van der Waals surface area contributed by atoms with Crippen LogP contribution in [0.3, 0.4) is 0 Å². The van der Waals surface area contributed by atoms with E-state index in [0.29, 0.717) is 6.04 Å². The van der Waals surface area contributed by atoms with Crippen LogP contribution in [0.2, 0.25) is 0 Å². The fourth-order valence-corrected chi connectivity index (χ4v) is 1.97. The van der Waals surface area contributed by atoms with Crippen LogP contribution in [-0.4, -0.2) is 31.1 Å². The highest BCUT2D eigenvalue weighted by atomic mass is 79.9. The summed E-state index contributed by atoms with van der Waals surface area (Å²) in [6, 6.07) is 8.95. The van der Waals surface area contributed by atoms with Crippen molar-refractivity contribution in [1.29, 1.82) is 0 Å². The normalized spacial score (nSPS) is 13.1. The van der Waals surface area contributed by atoms with Crippen LogP contribution in [0.4, 0.5) is 0 Å². The number of nitrogens with one attached hydrogen (secondary N) is 1. The summed E-state index contributed by atoms with van der Waals surface area (Å²) in [7, 11) is 2.17. The molecule has 1 rings (SSSR count). The average Bonchev–Trinajstić information content (AvgIpc) is 2.28. The summed E-state index contributed by atoms with van der Waals surface area (Å²) in [4.78, 5) is 2.36. The Bertz CT molecular complexity index is 315. The van der Waals surface area contributed by atoms with Crippen LogP contribution in [0.5, 0.6) is 0 Å². The molecule has 1 unspecified atom stereocenters. The standard InChI is InChI=1S/C13H21BrN2/c1-4-15-9-11(2)16(3)10-12-7-5-6-8-13(12)14/h5-8,11,15H,4,9-10H2,1-3H3. The van der Waals surface area contributed by atoms with E-state index in [1.807, 2.05) is 0 Å². The molecule has 0 aliphatic carbocycles. The van der Waals surface area contributed by atoms with E-state index >= 15 is 0 Å². The summed E-state index contributed by atoms with van der Waals surface area (Å²) < 4.78 is 1.19. The summed E-state index contributed by atoms with van der Waals surface area (Å²) in [5.41, 5.74) is 1.34. The molecular weight excluding hydrogens is 264 g/mol. The number of likely N-dealkylation sites (N-methyl/N-ethyl adjacent to an activating group) is 2. The van der Waals surface area contributed by atoms with Crippen LogP contribution in [-0.2, 0) is 6.54 Å². The molecule has 1 aromatic rings. The molecule has 0 saturated heterocycles. The minimum Gasteiger partial charge on any atom is -0.315 e. The van der Waals surface area contributed by atoms with Crippen LogP contribution in [0.25, 0.3) is 0 Å². The first-order valence-corrected chi connectivity index (χ1v) is 6.58. The van der Waals surface area contributed by atoms with Gasteiger partial charge in [-0.25, -0.2) is 0 Å². The molecule has 2 nitrogen and oxygen atoms in total. The SMILES string of the molecule is CCNCC(C)N(C)Cc1ccccc1Br. The Kier molecular flexibility index (Phi) is 6.03. The Morgan fingerprint density at radius 2 is 2.06 bits per heavy atom. The number of halogens is 1. The highest BCUT2D eigenvalue weighted by molar-refractivity contribution is 9.10. The molecule has 0 saturated carbocycles. The van der Waals surface area contributed by atoms with Crippen LogP contribution < -0.4 is 5.32 Å². The van der Waals surface area contributed by atoms with E-state index < -0.39 is 0 Å². The molecule has 0 radical (unpaired) electrons. The molecule has 0 amide bonds. The minimum absolute atomic E-state index is 0.548. The van der Waals surface area contributed by atoms with Crippen molar-refractivity contribution in [2.24, 2.45) is 0 Å². The van der Waals surface area contributed by atoms with Gasteiger partial charge in [0, 0.05) is 23.6 Å². The number of hydrogen-bond acceptors (Lipinski definition) is 2. The second-order valence-electron chi connectivity index (χ2n) is 4.16. The summed E-state index contributed by atoms with van der Waals surface area (Å²) in [5.74, 6) is 0. The van der Waals surface area contributed by atoms with Gasteiger partial charge in [-0.15, -0.1) is 0 Å². The maximum atomic E-state index is 3.58.